The minimum absolute atomic E-state index is 0. The van der Waals surface area contributed by atoms with Crippen molar-refractivity contribution in [2.75, 3.05) is 18.9 Å². The molecule has 1 atom stereocenters. The normalized spacial score (nSPS) is 12.4. The molecule has 0 radical (unpaired) electrons. The number of hydrogen-bond donors (Lipinski definition) is 3. The van der Waals surface area contributed by atoms with Gasteiger partial charge in [0.2, 0.25) is 0 Å². The van der Waals surface area contributed by atoms with Gasteiger partial charge < -0.3 is 20.5 Å². The Balaban J connectivity index is 0.00000392. The molecule has 0 saturated carbocycles. The molecular weight excluding hydrogens is 465 g/mol. The minimum atomic E-state index is 0. The minimum Gasteiger partial charge on any atom is -0.380 e. The predicted octanol–water partition coefficient (Wildman–Crippen LogP) is 4.22. The molecule has 0 bridgehead atoms. The zero-order valence-corrected chi connectivity index (χ0v) is 19.9. The molecule has 7 heteroatoms. The molecule has 0 aliphatic heterocycles. The van der Waals surface area contributed by atoms with Crippen molar-refractivity contribution in [2.24, 2.45) is 10.9 Å². The van der Waals surface area contributed by atoms with Gasteiger partial charge in [0.1, 0.15) is 5.76 Å². The molecule has 3 N–H and O–H groups in total. The highest BCUT2D eigenvalue weighted by Gasteiger charge is 2.16. The molecule has 0 aliphatic rings. The van der Waals surface area contributed by atoms with Gasteiger partial charge in [0.15, 0.2) is 5.96 Å². The number of guanidine groups is 1. The van der Waals surface area contributed by atoms with Crippen molar-refractivity contribution >= 4 is 35.6 Å². The van der Waals surface area contributed by atoms with Gasteiger partial charge in [-0.05, 0) is 24.5 Å². The number of aryl methyl sites for hydroxylation is 2. The molecule has 0 aliphatic carbocycles. The number of aromatic nitrogens is 1. The van der Waals surface area contributed by atoms with Crippen LogP contribution in [0.3, 0.4) is 0 Å². The van der Waals surface area contributed by atoms with Crippen LogP contribution in [0.2, 0.25) is 0 Å². The Kier molecular flexibility index (Phi) is 11.0. The van der Waals surface area contributed by atoms with Crippen LogP contribution < -0.4 is 16.0 Å². The fourth-order valence-corrected chi connectivity index (χ4v) is 2.94. The summed E-state index contributed by atoms with van der Waals surface area (Å²) in [6, 6.07) is 10.6. The highest BCUT2D eigenvalue weighted by atomic mass is 127. The van der Waals surface area contributed by atoms with Crippen LogP contribution in [0.4, 0.5) is 5.69 Å². The van der Waals surface area contributed by atoms with Crippen LogP contribution in [-0.4, -0.2) is 30.8 Å². The van der Waals surface area contributed by atoms with E-state index in [0.717, 1.165) is 48.1 Å². The van der Waals surface area contributed by atoms with Gasteiger partial charge >= 0.3 is 0 Å². The Labute approximate surface area is 186 Å². The van der Waals surface area contributed by atoms with Gasteiger partial charge in [-0.2, -0.15) is 0 Å². The van der Waals surface area contributed by atoms with E-state index in [-0.39, 0.29) is 24.0 Å². The Bertz CT molecular complexity index is 693. The van der Waals surface area contributed by atoms with Crippen LogP contribution in [0, 0.1) is 5.92 Å². The third-order valence-corrected chi connectivity index (χ3v) is 4.68. The number of nitrogens with one attached hydrogen (secondary N) is 3. The van der Waals surface area contributed by atoms with Crippen LogP contribution in [0.25, 0.3) is 0 Å². The Hall–Kier alpha value is -1.77. The maximum Gasteiger partial charge on any atom is 0.191 e. The van der Waals surface area contributed by atoms with Gasteiger partial charge in [0.25, 0.3) is 0 Å². The van der Waals surface area contributed by atoms with Crippen molar-refractivity contribution in [1.82, 2.24) is 15.8 Å². The van der Waals surface area contributed by atoms with Gasteiger partial charge in [-0.25, -0.2) is 0 Å². The highest BCUT2D eigenvalue weighted by molar-refractivity contribution is 14.0. The van der Waals surface area contributed by atoms with Crippen LogP contribution in [0.1, 0.15) is 44.7 Å². The van der Waals surface area contributed by atoms with Gasteiger partial charge in [0.05, 0.1) is 5.69 Å². The monoisotopic (exact) mass is 499 g/mol. The molecule has 2 rings (SSSR count). The van der Waals surface area contributed by atoms with Crippen molar-refractivity contribution in [2.45, 2.75) is 53.1 Å². The average molecular weight is 499 g/mol. The fourth-order valence-electron chi connectivity index (χ4n) is 2.94. The number of para-hydroxylation sites is 1. The second kappa shape index (κ2) is 12.6. The summed E-state index contributed by atoms with van der Waals surface area (Å²) >= 11 is 0. The topological polar surface area (TPSA) is 74.5 Å². The highest BCUT2D eigenvalue weighted by Crippen LogP contribution is 2.15. The summed E-state index contributed by atoms with van der Waals surface area (Å²) in [5.41, 5.74) is 3.29. The summed E-state index contributed by atoms with van der Waals surface area (Å²) in [6.45, 7) is 10.0. The van der Waals surface area contributed by atoms with E-state index in [1.54, 1.807) is 7.05 Å². The molecule has 1 unspecified atom stereocenters. The molecule has 0 amide bonds. The Morgan fingerprint density at radius 1 is 1.11 bits per heavy atom. The first-order chi connectivity index (χ1) is 13.1. The van der Waals surface area contributed by atoms with Gasteiger partial charge in [-0.3, -0.25) is 4.99 Å². The zero-order valence-electron chi connectivity index (χ0n) is 17.6. The van der Waals surface area contributed by atoms with Gasteiger partial charge in [0, 0.05) is 43.9 Å². The number of aliphatic imine (C=N–C) groups is 1. The third kappa shape index (κ3) is 7.00. The molecule has 6 nitrogen and oxygen atoms in total. The van der Waals surface area contributed by atoms with E-state index in [0.29, 0.717) is 18.5 Å². The van der Waals surface area contributed by atoms with Crippen molar-refractivity contribution < 1.29 is 4.52 Å². The van der Waals surface area contributed by atoms with Crippen LogP contribution >= 0.6 is 24.0 Å². The number of hydrogen-bond acceptors (Lipinski definition) is 4. The van der Waals surface area contributed by atoms with E-state index < -0.39 is 0 Å². The van der Waals surface area contributed by atoms with E-state index in [2.05, 4.69) is 65.9 Å². The Morgan fingerprint density at radius 2 is 1.82 bits per heavy atom. The van der Waals surface area contributed by atoms with E-state index in [9.17, 15) is 0 Å². The Morgan fingerprint density at radius 3 is 2.39 bits per heavy atom. The molecule has 1 aromatic carbocycles. The lowest BCUT2D eigenvalue weighted by atomic mass is 10.0. The van der Waals surface area contributed by atoms with E-state index >= 15 is 0 Å². The summed E-state index contributed by atoms with van der Waals surface area (Å²) < 4.78 is 5.44. The lowest BCUT2D eigenvalue weighted by molar-refractivity contribution is 0.380. The number of halogens is 1. The quantitative estimate of drug-likeness (QED) is 0.274. The number of anilines is 1. The molecule has 28 heavy (non-hydrogen) atoms. The molecule has 0 saturated heterocycles. The standard InChI is InChI=1S/C21H33N5O.HI/c1-6-18-17(20(7-2)27-26-18)13-23-21(22-5)24-14-19(15(3)4)25-16-11-9-8-10-12-16;/h8-12,15,19,25H,6-7,13-14H2,1-5H3,(H2,22,23,24);1H. The smallest absolute Gasteiger partial charge is 0.191 e. The predicted molar refractivity (Wildman–Crippen MR) is 128 cm³/mol. The summed E-state index contributed by atoms with van der Waals surface area (Å²) in [5.74, 6) is 2.20. The summed E-state index contributed by atoms with van der Waals surface area (Å²) in [6.07, 6.45) is 1.70. The largest absolute Gasteiger partial charge is 0.380 e. The molecule has 0 spiro atoms. The van der Waals surface area contributed by atoms with Crippen molar-refractivity contribution in [3.05, 3.63) is 47.3 Å². The lowest BCUT2D eigenvalue weighted by Gasteiger charge is -2.25. The number of nitrogens with zero attached hydrogens (tertiary/aromatic N) is 2. The zero-order chi connectivity index (χ0) is 19.6. The fraction of sp³-hybridized carbons (Fsp3) is 0.524. The number of benzene rings is 1. The average Bonchev–Trinajstić information content (AvgIpc) is 3.09. The summed E-state index contributed by atoms with van der Waals surface area (Å²) in [5, 5.41) is 14.6. The molecule has 0 fully saturated rings. The first-order valence-corrected chi connectivity index (χ1v) is 9.81. The molecule has 1 heterocycles. The molecular formula is C21H34IN5O. The third-order valence-electron chi connectivity index (χ3n) is 4.68. The SMILES string of the molecule is CCc1noc(CC)c1CNC(=NC)NCC(Nc1ccccc1)C(C)C.I. The second-order valence-electron chi connectivity index (χ2n) is 6.91. The lowest BCUT2D eigenvalue weighted by Crippen LogP contribution is -2.44. The van der Waals surface area contributed by atoms with Crippen LogP contribution in [0.5, 0.6) is 0 Å². The van der Waals surface area contributed by atoms with Crippen LogP contribution in [0.15, 0.2) is 39.8 Å². The van der Waals surface area contributed by atoms with Crippen molar-refractivity contribution in [1.29, 1.82) is 0 Å². The molecule has 156 valence electrons. The van der Waals surface area contributed by atoms with Gasteiger partial charge in [-0.1, -0.05) is 51.1 Å². The first kappa shape index (κ1) is 24.3. The van der Waals surface area contributed by atoms with E-state index in [4.69, 9.17) is 4.52 Å². The summed E-state index contributed by atoms with van der Waals surface area (Å²) in [7, 11) is 1.79. The summed E-state index contributed by atoms with van der Waals surface area (Å²) in [4.78, 5) is 4.35. The van der Waals surface area contributed by atoms with E-state index in [1.165, 1.54) is 0 Å². The first-order valence-electron chi connectivity index (χ1n) is 9.81. The van der Waals surface area contributed by atoms with Crippen molar-refractivity contribution in [3.63, 3.8) is 0 Å². The second-order valence-corrected chi connectivity index (χ2v) is 6.91. The molecule has 2 aromatic rings. The maximum absolute atomic E-state index is 5.44. The van der Waals surface area contributed by atoms with Crippen molar-refractivity contribution in [3.8, 4) is 0 Å². The number of rotatable bonds is 9. The van der Waals surface area contributed by atoms with Gasteiger partial charge in [-0.15, -0.1) is 24.0 Å². The molecule has 1 aromatic heterocycles. The maximum atomic E-state index is 5.44. The van der Waals surface area contributed by atoms with E-state index in [1.807, 2.05) is 18.2 Å². The van der Waals surface area contributed by atoms with Crippen LogP contribution in [-0.2, 0) is 19.4 Å².